The van der Waals surface area contributed by atoms with Crippen LogP contribution >= 0.6 is 0 Å². The SMILES string of the molecule is O=C(CCCC=CCC1C(O)CC(O)C1C=CC(O)CCc1ccccc1)NCC1CC1. The molecule has 0 radical (unpaired) electrons. The van der Waals surface area contributed by atoms with Gasteiger partial charge in [-0.15, -0.1) is 0 Å². The van der Waals surface area contributed by atoms with Crippen LogP contribution in [0.15, 0.2) is 54.6 Å². The highest BCUT2D eigenvalue weighted by molar-refractivity contribution is 5.75. The van der Waals surface area contributed by atoms with E-state index in [2.05, 4.69) is 29.6 Å². The molecule has 5 atom stereocenters. The number of aryl methyl sites for hydroxylation is 1. The van der Waals surface area contributed by atoms with Crippen molar-refractivity contribution in [1.29, 1.82) is 0 Å². The molecule has 0 aromatic heterocycles. The Balaban J connectivity index is 1.37. The first-order valence-electron chi connectivity index (χ1n) is 12.2. The summed E-state index contributed by atoms with van der Waals surface area (Å²) in [6, 6.07) is 10.1. The van der Waals surface area contributed by atoms with E-state index in [-0.39, 0.29) is 17.7 Å². The van der Waals surface area contributed by atoms with Crippen LogP contribution in [0.1, 0.15) is 56.9 Å². The lowest BCUT2D eigenvalue weighted by molar-refractivity contribution is -0.121. The molecule has 3 rings (SSSR count). The largest absolute Gasteiger partial charge is 0.393 e. The Labute approximate surface area is 192 Å². The zero-order chi connectivity index (χ0) is 22.8. The van der Waals surface area contributed by atoms with Crippen LogP contribution in [-0.2, 0) is 11.2 Å². The number of carbonyl (C=O) groups excluding carboxylic acids is 1. The molecular weight excluding hydrogens is 402 g/mol. The zero-order valence-corrected chi connectivity index (χ0v) is 19.0. The van der Waals surface area contributed by atoms with Crippen LogP contribution in [0.25, 0.3) is 0 Å². The summed E-state index contributed by atoms with van der Waals surface area (Å²) in [4.78, 5) is 11.8. The van der Waals surface area contributed by atoms with Crippen molar-refractivity contribution in [2.24, 2.45) is 17.8 Å². The Morgan fingerprint density at radius 1 is 1.12 bits per heavy atom. The van der Waals surface area contributed by atoms with Gasteiger partial charge in [0.1, 0.15) is 0 Å². The van der Waals surface area contributed by atoms with E-state index in [0.29, 0.717) is 31.6 Å². The molecule has 4 N–H and O–H groups in total. The van der Waals surface area contributed by atoms with E-state index in [0.717, 1.165) is 25.8 Å². The lowest BCUT2D eigenvalue weighted by Crippen LogP contribution is -2.24. The van der Waals surface area contributed by atoms with Crippen molar-refractivity contribution < 1.29 is 20.1 Å². The van der Waals surface area contributed by atoms with Crippen LogP contribution in [-0.4, -0.2) is 46.1 Å². The van der Waals surface area contributed by atoms with Crippen molar-refractivity contribution in [3.05, 3.63) is 60.2 Å². The summed E-state index contributed by atoms with van der Waals surface area (Å²) in [5.74, 6) is 0.629. The van der Waals surface area contributed by atoms with E-state index in [4.69, 9.17) is 0 Å². The molecule has 0 spiro atoms. The average Bonchev–Trinajstić information content (AvgIpc) is 3.58. The van der Waals surface area contributed by atoms with Crippen molar-refractivity contribution in [2.45, 2.75) is 76.1 Å². The molecule has 1 aromatic rings. The highest BCUT2D eigenvalue weighted by atomic mass is 16.3. The second-order valence-corrected chi connectivity index (χ2v) is 9.43. The molecule has 1 aromatic carbocycles. The van der Waals surface area contributed by atoms with Crippen LogP contribution in [0.5, 0.6) is 0 Å². The third kappa shape index (κ3) is 8.53. The number of hydrogen-bond donors (Lipinski definition) is 4. The maximum Gasteiger partial charge on any atom is 0.220 e. The third-order valence-corrected chi connectivity index (χ3v) is 6.68. The molecule has 0 aliphatic heterocycles. The molecule has 0 heterocycles. The third-order valence-electron chi connectivity index (χ3n) is 6.68. The molecule has 2 aliphatic rings. The lowest BCUT2D eigenvalue weighted by atomic mass is 9.89. The van der Waals surface area contributed by atoms with E-state index in [1.807, 2.05) is 24.3 Å². The summed E-state index contributed by atoms with van der Waals surface area (Å²) >= 11 is 0. The first-order chi connectivity index (χ1) is 15.5. The van der Waals surface area contributed by atoms with Gasteiger partial charge in [0.15, 0.2) is 0 Å². The van der Waals surface area contributed by atoms with Gasteiger partial charge in [0.25, 0.3) is 0 Å². The van der Waals surface area contributed by atoms with E-state index in [9.17, 15) is 20.1 Å². The van der Waals surface area contributed by atoms with Gasteiger partial charge in [0.05, 0.1) is 18.3 Å². The Hall–Kier alpha value is -1.95. The number of hydrogen-bond acceptors (Lipinski definition) is 4. The first-order valence-corrected chi connectivity index (χ1v) is 12.2. The molecule has 5 unspecified atom stereocenters. The van der Waals surface area contributed by atoms with E-state index < -0.39 is 18.3 Å². The smallest absolute Gasteiger partial charge is 0.220 e. The number of rotatable bonds is 13. The van der Waals surface area contributed by atoms with Gasteiger partial charge in [-0.05, 0) is 62.3 Å². The van der Waals surface area contributed by atoms with Crippen LogP contribution in [0, 0.1) is 17.8 Å². The number of benzene rings is 1. The van der Waals surface area contributed by atoms with Gasteiger partial charge in [-0.2, -0.15) is 0 Å². The summed E-state index contributed by atoms with van der Waals surface area (Å²) in [5, 5.41) is 34.1. The molecule has 32 heavy (non-hydrogen) atoms. The molecule has 2 saturated carbocycles. The molecule has 0 saturated heterocycles. The van der Waals surface area contributed by atoms with Gasteiger partial charge in [-0.25, -0.2) is 0 Å². The molecule has 1 amide bonds. The van der Waals surface area contributed by atoms with Crippen molar-refractivity contribution in [3.63, 3.8) is 0 Å². The summed E-state index contributed by atoms with van der Waals surface area (Å²) in [5.41, 5.74) is 1.19. The van der Waals surface area contributed by atoms with Crippen molar-refractivity contribution in [1.82, 2.24) is 5.32 Å². The Kier molecular flexibility index (Phi) is 9.97. The Morgan fingerprint density at radius 3 is 2.66 bits per heavy atom. The number of unbranched alkanes of at least 4 members (excludes halogenated alkanes) is 1. The fourth-order valence-corrected chi connectivity index (χ4v) is 4.44. The van der Waals surface area contributed by atoms with Gasteiger partial charge in [0.2, 0.25) is 5.91 Å². The predicted molar refractivity (Wildman–Crippen MR) is 127 cm³/mol. The van der Waals surface area contributed by atoms with Gasteiger partial charge in [-0.3, -0.25) is 4.79 Å². The van der Waals surface area contributed by atoms with E-state index in [1.165, 1.54) is 18.4 Å². The predicted octanol–water partition coefficient (Wildman–Crippen LogP) is 3.54. The van der Waals surface area contributed by atoms with Crippen LogP contribution < -0.4 is 5.32 Å². The van der Waals surface area contributed by atoms with Crippen LogP contribution in [0.4, 0.5) is 0 Å². The molecule has 5 nitrogen and oxygen atoms in total. The fraction of sp³-hybridized carbons (Fsp3) is 0.593. The average molecular weight is 442 g/mol. The molecule has 2 aliphatic carbocycles. The Morgan fingerprint density at radius 2 is 1.91 bits per heavy atom. The van der Waals surface area contributed by atoms with Gasteiger partial charge >= 0.3 is 0 Å². The first kappa shape index (κ1) is 24.7. The lowest BCUT2D eigenvalue weighted by Gasteiger charge is -2.19. The minimum atomic E-state index is -0.587. The molecular formula is C27H39NO4. The van der Waals surface area contributed by atoms with E-state index >= 15 is 0 Å². The van der Waals surface area contributed by atoms with Crippen molar-refractivity contribution in [2.75, 3.05) is 6.54 Å². The highest BCUT2D eigenvalue weighted by Crippen LogP contribution is 2.36. The second-order valence-electron chi connectivity index (χ2n) is 9.43. The summed E-state index contributed by atoms with van der Waals surface area (Å²) in [6.07, 6.45) is 13.3. The van der Waals surface area contributed by atoms with Crippen molar-refractivity contribution >= 4 is 5.91 Å². The number of allylic oxidation sites excluding steroid dienone is 2. The van der Waals surface area contributed by atoms with Crippen molar-refractivity contribution in [3.8, 4) is 0 Å². The maximum absolute atomic E-state index is 11.8. The normalized spacial score (nSPS) is 26.7. The number of nitrogens with one attached hydrogen (secondary N) is 1. The Bertz CT molecular complexity index is 743. The standard InChI is InChI=1S/C27H39NO4/c29-22(15-14-20-8-4-3-5-9-20)16-17-24-23(25(30)18-26(24)31)10-6-1-2-7-11-27(32)28-19-21-12-13-21/h1,3-6,8-9,16-17,21-26,29-31H,2,7,10-15,18-19H2,(H,28,32). The zero-order valence-electron chi connectivity index (χ0n) is 19.0. The van der Waals surface area contributed by atoms with Gasteiger partial charge < -0.3 is 20.6 Å². The highest BCUT2D eigenvalue weighted by Gasteiger charge is 2.39. The number of aliphatic hydroxyl groups excluding tert-OH is 3. The molecule has 0 bridgehead atoms. The summed E-state index contributed by atoms with van der Waals surface area (Å²) < 4.78 is 0. The number of amides is 1. The monoisotopic (exact) mass is 441 g/mol. The van der Waals surface area contributed by atoms with Gasteiger partial charge in [-0.1, -0.05) is 54.6 Å². The molecule has 2 fully saturated rings. The maximum atomic E-state index is 11.8. The summed E-state index contributed by atoms with van der Waals surface area (Å²) in [6.45, 7) is 0.826. The minimum absolute atomic E-state index is 0.0549. The summed E-state index contributed by atoms with van der Waals surface area (Å²) in [7, 11) is 0. The molecule has 176 valence electrons. The fourth-order valence-electron chi connectivity index (χ4n) is 4.44. The quantitative estimate of drug-likeness (QED) is 0.278. The molecule has 5 heteroatoms. The minimum Gasteiger partial charge on any atom is -0.393 e. The van der Waals surface area contributed by atoms with Crippen LogP contribution in [0.2, 0.25) is 0 Å². The topological polar surface area (TPSA) is 89.8 Å². The van der Waals surface area contributed by atoms with Gasteiger partial charge in [0, 0.05) is 25.3 Å². The second kappa shape index (κ2) is 12.9. The number of aliphatic hydroxyl groups is 3. The number of carbonyl (C=O) groups is 1. The van der Waals surface area contributed by atoms with E-state index in [1.54, 1.807) is 6.08 Å². The van der Waals surface area contributed by atoms with Crippen LogP contribution in [0.3, 0.4) is 0 Å².